The molecule has 2 rings (SSSR count). The summed E-state index contributed by atoms with van der Waals surface area (Å²) < 4.78 is 5.11. The first kappa shape index (κ1) is 12.8. The molecule has 0 saturated carbocycles. The number of nitrogens with zero attached hydrogens (tertiary/aromatic N) is 1. The van der Waals surface area contributed by atoms with Gasteiger partial charge in [0, 0.05) is 11.8 Å². The van der Waals surface area contributed by atoms with Crippen LogP contribution in [0.2, 0.25) is 0 Å². The molecule has 1 N–H and O–H groups in total. The van der Waals surface area contributed by atoms with E-state index in [-0.39, 0.29) is 5.91 Å². The van der Waals surface area contributed by atoms with Gasteiger partial charge in [0.2, 0.25) is 0 Å². The highest BCUT2D eigenvalue weighted by Gasteiger charge is 2.02. The molecule has 1 heterocycles. The summed E-state index contributed by atoms with van der Waals surface area (Å²) in [5.74, 6) is 0.503. The van der Waals surface area contributed by atoms with Gasteiger partial charge in [-0.25, -0.2) is 5.43 Å². The summed E-state index contributed by atoms with van der Waals surface area (Å²) in [6.45, 7) is 1.94. The van der Waals surface area contributed by atoms with E-state index >= 15 is 0 Å². The van der Waals surface area contributed by atoms with Crippen LogP contribution in [0.5, 0.6) is 0 Å². The Bertz CT molecular complexity index is 598. The lowest BCUT2D eigenvalue weighted by atomic mass is 10.1. The van der Waals surface area contributed by atoms with Crippen molar-refractivity contribution >= 4 is 18.2 Å². The predicted octanol–water partition coefficient (Wildman–Crippen LogP) is 3.02. The van der Waals surface area contributed by atoms with Crippen molar-refractivity contribution in [1.82, 2.24) is 5.43 Å². The number of carbonyl (C=O) groups is 1. The lowest BCUT2D eigenvalue weighted by molar-refractivity contribution is 0.0955. The molecule has 0 fully saturated rings. The number of amides is 1. The third-order valence-electron chi connectivity index (χ3n) is 2.41. The van der Waals surface area contributed by atoms with Crippen LogP contribution in [0.3, 0.4) is 0 Å². The molecule has 0 bridgehead atoms. The molecule has 19 heavy (non-hydrogen) atoms. The normalized spacial score (nSPS) is 11.2. The van der Waals surface area contributed by atoms with Gasteiger partial charge in [0.25, 0.3) is 5.91 Å². The molecule has 0 unspecified atom stereocenters. The summed E-state index contributed by atoms with van der Waals surface area (Å²) in [6, 6.07) is 11.0. The number of carbonyl (C=O) groups excluding carboxylic acids is 1. The number of hydrazone groups is 1. The van der Waals surface area contributed by atoms with Crippen molar-refractivity contribution in [2.24, 2.45) is 5.10 Å². The Morgan fingerprint density at radius 3 is 2.95 bits per heavy atom. The van der Waals surface area contributed by atoms with Crippen molar-refractivity contribution in [3.8, 4) is 0 Å². The number of hydrogen-bond acceptors (Lipinski definition) is 3. The molecular formula is C15H14N2O2. The summed E-state index contributed by atoms with van der Waals surface area (Å²) in [5.41, 5.74) is 4.08. The first-order valence-electron chi connectivity index (χ1n) is 5.86. The minimum absolute atomic E-state index is 0.230. The molecule has 1 amide bonds. The first-order valence-corrected chi connectivity index (χ1v) is 5.86. The van der Waals surface area contributed by atoms with Gasteiger partial charge in [-0.1, -0.05) is 17.7 Å². The maximum atomic E-state index is 11.7. The molecular weight excluding hydrogens is 240 g/mol. The molecule has 4 nitrogen and oxygen atoms in total. The van der Waals surface area contributed by atoms with E-state index in [0.717, 1.165) is 11.3 Å². The molecule has 1 aromatic carbocycles. The fourth-order valence-corrected chi connectivity index (χ4v) is 1.51. The summed E-state index contributed by atoms with van der Waals surface area (Å²) in [7, 11) is 0. The highest BCUT2D eigenvalue weighted by molar-refractivity contribution is 5.94. The zero-order valence-corrected chi connectivity index (χ0v) is 10.5. The minimum Gasteiger partial charge on any atom is -0.465 e. The Morgan fingerprint density at radius 1 is 1.32 bits per heavy atom. The fourth-order valence-electron chi connectivity index (χ4n) is 1.51. The van der Waals surface area contributed by atoms with Gasteiger partial charge in [-0.15, -0.1) is 0 Å². The average molecular weight is 254 g/mol. The predicted molar refractivity (Wildman–Crippen MR) is 74.9 cm³/mol. The molecule has 2 aromatic rings. The molecule has 0 aliphatic carbocycles. The standard InChI is InChI=1S/C15H14N2O2/c1-12-5-2-6-13(11-12)15(18)17-16-9-3-7-14-8-4-10-19-14/h2-11H,1H3,(H,17,18). The summed E-state index contributed by atoms with van der Waals surface area (Å²) in [5, 5.41) is 3.82. The van der Waals surface area contributed by atoms with Gasteiger partial charge in [0.1, 0.15) is 5.76 Å². The van der Waals surface area contributed by atoms with Crippen LogP contribution in [0.25, 0.3) is 6.08 Å². The largest absolute Gasteiger partial charge is 0.465 e. The van der Waals surface area contributed by atoms with E-state index in [1.165, 1.54) is 6.21 Å². The molecule has 0 saturated heterocycles. The second-order valence-electron chi connectivity index (χ2n) is 3.96. The SMILES string of the molecule is Cc1cccc(C(=O)NN=CC=Cc2ccco2)c1. The van der Waals surface area contributed by atoms with Crippen LogP contribution in [0, 0.1) is 6.92 Å². The van der Waals surface area contributed by atoms with Crippen LogP contribution >= 0.6 is 0 Å². The molecule has 0 atom stereocenters. The third kappa shape index (κ3) is 3.96. The van der Waals surface area contributed by atoms with Gasteiger partial charge in [0.15, 0.2) is 0 Å². The van der Waals surface area contributed by atoms with E-state index in [0.29, 0.717) is 5.56 Å². The number of nitrogens with one attached hydrogen (secondary N) is 1. The van der Waals surface area contributed by atoms with Gasteiger partial charge in [0.05, 0.1) is 6.26 Å². The Hall–Kier alpha value is -2.62. The van der Waals surface area contributed by atoms with Crippen LogP contribution in [-0.2, 0) is 0 Å². The molecule has 0 spiro atoms. The molecule has 0 radical (unpaired) electrons. The van der Waals surface area contributed by atoms with Gasteiger partial charge in [-0.3, -0.25) is 4.79 Å². The second-order valence-corrected chi connectivity index (χ2v) is 3.96. The van der Waals surface area contributed by atoms with Gasteiger partial charge >= 0.3 is 0 Å². The molecule has 0 aliphatic heterocycles. The van der Waals surface area contributed by atoms with Crippen molar-refractivity contribution in [1.29, 1.82) is 0 Å². The molecule has 4 heteroatoms. The van der Waals surface area contributed by atoms with E-state index < -0.39 is 0 Å². The number of allylic oxidation sites excluding steroid dienone is 1. The maximum absolute atomic E-state index is 11.7. The van der Waals surface area contributed by atoms with E-state index in [1.807, 2.05) is 31.2 Å². The van der Waals surface area contributed by atoms with E-state index in [9.17, 15) is 4.79 Å². The summed E-state index contributed by atoms with van der Waals surface area (Å²) in [6.07, 6.45) is 6.53. The minimum atomic E-state index is -0.230. The average Bonchev–Trinajstić information content (AvgIpc) is 2.91. The van der Waals surface area contributed by atoms with Crippen LogP contribution in [-0.4, -0.2) is 12.1 Å². The molecule has 1 aromatic heterocycles. The maximum Gasteiger partial charge on any atom is 0.271 e. The Morgan fingerprint density at radius 2 is 2.21 bits per heavy atom. The van der Waals surface area contributed by atoms with E-state index in [1.54, 1.807) is 30.5 Å². The highest BCUT2D eigenvalue weighted by atomic mass is 16.3. The third-order valence-corrected chi connectivity index (χ3v) is 2.41. The van der Waals surface area contributed by atoms with Crippen LogP contribution in [0.4, 0.5) is 0 Å². The summed E-state index contributed by atoms with van der Waals surface area (Å²) >= 11 is 0. The fraction of sp³-hybridized carbons (Fsp3) is 0.0667. The quantitative estimate of drug-likeness (QED) is 0.673. The van der Waals surface area contributed by atoms with Crippen LogP contribution in [0.1, 0.15) is 21.7 Å². The van der Waals surface area contributed by atoms with Crippen molar-refractivity contribution in [2.45, 2.75) is 6.92 Å². The number of rotatable bonds is 4. The molecule has 96 valence electrons. The summed E-state index contributed by atoms with van der Waals surface area (Å²) in [4.78, 5) is 11.7. The number of benzene rings is 1. The first-order chi connectivity index (χ1) is 9.25. The number of furan rings is 1. The number of hydrogen-bond donors (Lipinski definition) is 1. The lowest BCUT2D eigenvalue weighted by Crippen LogP contribution is -2.17. The monoisotopic (exact) mass is 254 g/mol. The van der Waals surface area contributed by atoms with Crippen molar-refractivity contribution in [3.05, 3.63) is 65.6 Å². The van der Waals surface area contributed by atoms with Gasteiger partial charge in [-0.05, 0) is 43.3 Å². The Balaban J connectivity index is 1.87. The zero-order chi connectivity index (χ0) is 13.5. The van der Waals surface area contributed by atoms with Crippen LogP contribution < -0.4 is 5.43 Å². The second kappa shape index (κ2) is 6.35. The van der Waals surface area contributed by atoms with Crippen LogP contribution in [0.15, 0.2) is 58.3 Å². The van der Waals surface area contributed by atoms with E-state index in [2.05, 4.69) is 10.5 Å². The van der Waals surface area contributed by atoms with Crippen molar-refractivity contribution < 1.29 is 9.21 Å². The van der Waals surface area contributed by atoms with E-state index in [4.69, 9.17) is 4.42 Å². The zero-order valence-electron chi connectivity index (χ0n) is 10.5. The van der Waals surface area contributed by atoms with Crippen molar-refractivity contribution in [2.75, 3.05) is 0 Å². The van der Waals surface area contributed by atoms with Gasteiger partial charge in [-0.2, -0.15) is 5.10 Å². The lowest BCUT2D eigenvalue weighted by Gasteiger charge is -1.99. The van der Waals surface area contributed by atoms with Crippen molar-refractivity contribution in [3.63, 3.8) is 0 Å². The Labute approximate surface area is 111 Å². The van der Waals surface area contributed by atoms with Gasteiger partial charge < -0.3 is 4.42 Å². The highest BCUT2D eigenvalue weighted by Crippen LogP contribution is 2.03. The topological polar surface area (TPSA) is 54.6 Å². The number of aryl methyl sites for hydroxylation is 1. The Kier molecular flexibility index (Phi) is 4.29. The molecule has 0 aliphatic rings. The smallest absolute Gasteiger partial charge is 0.271 e.